The number of pyridine rings is 1. The highest BCUT2D eigenvalue weighted by atomic mass is 31.1. The van der Waals surface area contributed by atoms with Crippen molar-refractivity contribution in [2.75, 3.05) is 33.7 Å². The summed E-state index contributed by atoms with van der Waals surface area (Å²) in [5.74, 6) is 1.85. The van der Waals surface area contributed by atoms with Crippen molar-refractivity contribution in [3.63, 3.8) is 0 Å². The summed E-state index contributed by atoms with van der Waals surface area (Å²) in [6.07, 6.45) is 16.1. The molecule has 182 valence electrons. The maximum Gasteiger partial charge on any atom is 0.269 e. The van der Waals surface area contributed by atoms with Crippen molar-refractivity contribution in [3.8, 4) is 11.8 Å². The fourth-order valence-corrected chi connectivity index (χ4v) is 4.12. The lowest BCUT2D eigenvalue weighted by molar-refractivity contribution is -0.677. The van der Waals surface area contributed by atoms with Gasteiger partial charge in [0.1, 0.15) is 23.9 Å². The summed E-state index contributed by atoms with van der Waals surface area (Å²) >= 11 is 0. The van der Waals surface area contributed by atoms with Gasteiger partial charge in [0.05, 0.1) is 19.2 Å². The number of rotatable bonds is 10. The number of allylic oxidation sites excluding steroid dienone is 6. The van der Waals surface area contributed by atoms with Crippen LogP contribution in [0.2, 0.25) is 0 Å². The second kappa shape index (κ2) is 13.8. The van der Waals surface area contributed by atoms with Crippen LogP contribution in [0.1, 0.15) is 11.1 Å². The summed E-state index contributed by atoms with van der Waals surface area (Å²) in [7, 11) is 1.62. The fourth-order valence-electron chi connectivity index (χ4n) is 3.27. The largest absolute Gasteiger partial charge is 0.491 e. The zero-order chi connectivity index (χ0) is 25.8. The summed E-state index contributed by atoms with van der Waals surface area (Å²) in [5, 5.41) is 9.38. The van der Waals surface area contributed by atoms with Crippen molar-refractivity contribution in [2.24, 2.45) is 0 Å². The molecule has 6 nitrogen and oxygen atoms in total. The molecule has 7 heteroatoms. The Hall–Kier alpha value is -3.96. The molecule has 0 amide bonds. The van der Waals surface area contributed by atoms with Gasteiger partial charge in [-0.05, 0) is 74.4 Å². The van der Waals surface area contributed by atoms with Gasteiger partial charge in [-0.2, -0.15) is 0 Å². The van der Waals surface area contributed by atoms with Gasteiger partial charge in [-0.3, -0.25) is 0 Å². The molecule has 2 heterocycles. The van der Waals surface area contributed by atoms with Crippen molar-refractivity contribution in [1.82, 2.24) is 0 Å². The SMILES string of the molecule is [C-]#[N+]/C(C#N)=C1C=C(/C=C/c2ccc(OCCOC)cc2)OC(/C=C/c2cc[n+](CP(C)C)cc2)=C\1. The molecule has 0 spiro atoms. The van der Waals surface area contributed by atoms with E-state index >= 15 is 0 Å². The van der Waals surface area contributed by atoms with Crippen LogP contribution in [0.25, 0.3) is 17.0 Å². The summed E-state index contributed by atoms with van der Waals surface area (Å²) in [6.45, 7) is 12.9. The number of ether oxygens (including phenoxy) is 3. The van der Waals surface area contributed by atoms with E-state index < -0.39 is 0 Å². The molecule has 0 radical (unpaired) electrons. The van der Waals surface area contributed by atoms with Crippen molar-refractivity contribution in [3.05, 3.63) is 118 Å². The number of hydrogen-bond acceptors (Lipinski definition) is 4. The number of aromatic nitrogens is 1. The predicted octanol–water partition coefficient (Wildman–Crippen LogP) is 5.92. The van der Waals surface area contributed by atoms with Gasteiger partial charge in [0.25, 0.3) is 5.70 Å². The Labute approximate surface area is 214 Å². The first-order valence-electron chi connectivity index (χ1n) is 11.4. The fraction of sp³-hybridized carbons (Fsp3) is 0.207. The summed E-state index contributed by atoms with van der Waals surface area (Å²) in [6, 6.07) is 13.7. The average Bonchev–Trinajstić information content (AvgIpc) is 2.88. The van der Waals surface area contributed by atoms with E-state index in [1.54, 1.807) is 19.3 Å². The van der Waals surface area contributed by atoms with Gasteiger partial charge >= 0.3 is 0 Å². The molecule has 0 bridgehead atoms. The van der Waals surface area contributed by atoms with Crippen LogP contribution >= 0.6 is 7.92 Å². The molecule has 0 saturated carbocycles. The van der Waals surface area contributed by atoms with Crippen LogP contribution in [-0.4, -0.2) is 33.7 Å². The van der Waals surface area contributed by atoms with Gasteiger partial charge in [-0.15, -0.1) is 0 Å². The highest BCUT2D eigenvalue weighted by Crippen LogP contribution is 2.26. The Balaban J connectivity index is 1.76. The zero-order valence-corrected chi connectivity index (χ0v) is 21.6. The van der Waals surface area contributed by atoms with Gasteiger partial charge in [-0.25, -0.2) is 14.7 Å². The maximum absolute atomic E-state index is 9.38. The first kappa shape index (κ1) is 26.6. The standard InChI is InChI=1S/C29H29N3O3P/c1-31-29(21-30)25-19-27(11-7-23-5-9-26(10-6-23)34-18-17-33-2)35-28(20-25)12-8-24-13-15-32(16-14-24)22-36(3)4/h5-16,19-20H,17-18,22H2,2-4H3/q+1/b11-7+,12-8+,29-25+. The Morgan fingerprint density at radius 2 is 1.61 bits per heavy atom. The van der Waals surface area contributed by atoms with Gasteiger partial charge in [-0.1, -0.05) is 24.3 Å². The minimum absolute atomic E-state index is 0.0137. The molecule has 0 N–H and O–H groups in total. The van der Waals surface area contributed by atoms with Crippen LogP contribution in [0.4, 0.5) is 0 Å². The van der Waals surface area contributed by atoms with Gasteiger partial charge in [0.2, 0.25) is 0 Å². The molecule has 0 saturated heterocycles. The van der Waals surface area contributed by atoms with E-state index in [0.717, 1.165) is 23.2 Å². The lowest BCUT2D eigenvalue weighted by atomic mass is 10.1. The third kappa shape index (κ3) is 8.36. The Bertz CT molecular complexity index is 1260. The molecule has 2 aromatic rings. The van der Waals surface area contributed by atoms with E-state index in [2.05, 4.69) is 47.3 Å². The van der Waals surface area contributed by atoms with Crippen molar-refractivity contribution in [2.45, 2.75) is 6.29 Å². The topological polar surface area (TPSA) is 59.7 Å². The lowest BCUT2D eigenvalue weighted by Crippen LogP contribution is -2.31. The molecular weight excluding hydrogens is 469 g/mol. The molecule has 1 aliphatic rings. The van der Waals surface area contributed by atoms with Crippen molar-refractivity contribution >= 4 is 20.1 Å². The quantitative estimate of drug-likeness (QED) is 0.134. The molecule has 1 aromatic heterocycles. The minimum atomic E-state index is -0.0137. The molecule has 1 aromatic carbocycles. The van der Waals surface area contributed by atoms with E-state index in [1.165, 1.54) is 0 Å². The molecule has 36 heavy (non-hydrogen) atoms. The second-order valence-corrected chi connectivity index (χ2v) is 10.6. The number of hydrogen-bond donors (Lipinski definition) is 0. The molecular formula is C29H29N3O3P+. The smallest absolute Gasteiger partial charge is 0.269 e. The molecule has 0 unspecified atom stereocenters. The van der Waals surface area contributed by atoms with E-state index in [0.29, 0.717) is 30.3 Å². The van der Waals surface area contributed by atoms with Crippen LogP contribution in [0.3, 0.4) is 0 Å². The molecule has 0 aliphatic carbocycles. The molecule has 0 fully saturated rings. The van der Waals surface area contributed by atoms with Crippen molar-refractivity contribution in [1.29, 1.82) is 5.26 Å². The highest BCUT2D eigenvalue weighted by Gasteiger charge is 2.12. The van der Waals surface area contributed by atoms with E-state index in [1.807, 2.05) is 54.6 Å². The van der Waals surface area contributed by atoms with Gasteiger partial charge in [0.15, 0.2) is 18.7 Å². The molecule has 1 aliphatic heterocycles. The molecule has 0 atom stereocenters. The van der Waals surface area contributed by atoms with E-state index in [4.69, 9.17) is 20.8 Å². The highest BCUT2D eigenvalue weighted by molar-refractivity contribution is 7.54. The van der Waals surface area contributed by atoms with Crippen LogP contribution in [0.15, 0.2) is 95.9 Å². The van der Waals surface area contributed by atoms with Crippen molar-refractivity contribution < 1.29 is 18.8 Å². The third-order valence-electron chi connectivity index (χ3n) is 5.00. The summed E-state index contributed by atoms with van der Waals surface area (Å²) < 4.78 is 18.8. The number of nitrogens with zero attached hydrogens (tertiary/aromatic N) is 3. The first-order chi connectivity index (χ1) is 17.5. The zero-order valence-electron chi connectivity index (χ0n) is 20.7. The van der Waals surface area contributed by atoms with E-state index in [9.17, 15) is 5.26 Å². The number of benzene rings is 1. The number of nitriles is 1. The lowest BCUT2D eigenvalue weighted by Gasteiger charge is -2.14. The van der Waals surface area contributed by atoms with Crippen LogP contribution in [0.5, 0.6) is 5.75 Å². The predicted molar refractivity (Wildman–Crippen MR) is 144 cm³/mol. The Morgan fingerprint density at radius 1 is 1.00 bits per heavy atom. The van der Waals surface area contributed by atoms with Crippen LogP contribution < -0.4 is 9.30 Å². The second-order valence-electron chi connectivity index (χ2n) is 8.17. The van der Waals surface area contributed by atoms with Crippen LogP contribution in [0, 0.1) is 17.9 Å². The third-order valence-corrected chi connectivity index (χ3v) is 5.89. The first-order valence-corrected chi connectivity index (χ1v) is 13.8. The Morgan fingerprint density at radius 3 is 2.14 bits per heavy atom. The average molecular weight is 499 g/mol. The van der Waals surface area contributed by atoms with Gasteiger partial charge in [0, 0.05) is 19.2 Å². The number of methoxy groups -OCH3 is 1. The molecule has 3 rings (SSSR count). The summed E-state index contributed by atoms with van der Waals surface area (Å²) in [5.41, 5.74) is 2.53. The maximum atomic E-state index is 9.38. The normalized spacial score (nSPS) is 14.7. The summed E-state index contributed by atoms with van der Waals surface area (Å²) in [4.78, 5) is 3.36. The monoisotopic (exact) mass is 498 g/mol. The van der Waals surface area contributed by atoms with Gasteiger partial charge < -0.3 is 14.2 Å². The Kier molecular flexibility index (Phi) is 10.2. The minimum Gasteiger partial charge on any atom is -0.491 e. The van der Waals surface area contributed by atoms with E-state index in [-0.39, 0.29) is 13.6 Å². The van der Waals surface area contributed by atoms with Crippen LogP contribution in [-0.2, 0) is 15.8 Å².